The molecule has 3 aromatic carbocycles. The van der Waals surface area contributed by atoms with Gasteiger partial charge in [0.25, 0.3) is 0 Å². The Morgan fingerprint density at radius 2 is 1.69 bits per heavy atom. The number of benzene rings is 3. The van der Waals surface area contributed by atoms with Crippen LogP contribution in [0.3, 0.4) is 0 Å². The van der Waals surface area contributed by atoms with Crippen LogP contribution in [-0.4, -0.2) is 36.4 Å². The van der Waals surface area contributed by atoms with E-state index in [1.54, 1.807) is 12.4 Å². The van der Waals surface area contributed by atoms with E-state index in [1.807, 2.05) is 81.9 Å². The van der Waals surface area contributed by atoms with Gasteiger partial charge in [-0.05, 0) is 87.4 Å². The van der Waals surface area contributed by atoms with Crippen LogP contribution < -0.4 is 0 Å². The van der Waals surface area contributed by atoms with Crippen molar-refractivity contribution in [3.8, 4) is 33.0 Å². The molecule has 0 fully saturated rings. The average molecular weight is 597 g/mol. The van der Waals surface area contributed by atoms with Gasteiger partial charge >= 0.3 is 5.97 Å². The Labute approximate surface area is 252 Å². The van der Waals surface area contributed by atoms with Crippen molar-refractivity contribution in [2.45, 2.75) is 39.4 Å². The number of fused-ring (bicyclic) bond motifs is 2. The summed E-state index contributed by atoms with van der Waals surface area (Å²) in [5, 5.41) is 17.6. The maximum atomic E-state index is 12.6. The minimum absolute atomic E-state index is 0.602. The number of carboxylic acid groups (broad SMARTS) is 1. The predicted octanol–water partition coefficient (Wildman–Crippen LogP) is 8.48. The predicted molar refractivity (Wildman–Crippen MR) is 169 cm³/mol. The van der Waals surface area contributed by atoms with E-state index in [0.717, 1.165) is 59.6 Å². The van der Waals surface area contributed by atoms with Crippen LogP contribution in [0.4, 0.5) is 0 Å². The van der Waals surface area contributed by atoms with Gasteiger partial charge in [-0.3, -0.25) is 9.67 Å². The van der Waals surface area contributed by atoms with E-state index in [4.69, 9.17) is 26.4 Å². The molecule has 1 unspecified atom stereocenters. The van der Waals surface area contributed by atoms with Gasteiger partial charge in [0.2, 0.25) is 0 Å². The fraction of sp³-hybridized carbons (Fsp3) is 0.212. The molecule has 1 atom stereocenters. The van der Waals surface area contributed by atoms with Crippen molar-refractivity contribution in [3.63, 3.8) is 0 Å². The van der Waals surface area contributed by atoms with Gasteiger partial charge < -0.3 is 9.84 Å². The number of nitrogens with zero attached hydrogens (tertiary/aromatic N) is 4. The van der Waals surface area contributed by atoms with Gasteiger partial charge in [0.1, 0.15) is 10.7 Å². The minimum atomic E-state index is -1.17. The Balaban J connectivity index is 1.59. The van der Waals surface area contributed by atoms with Gasteiger partial charge in [-0.25, -0.2) is 9.78 Å². The van der Waals surface area contributed by atoms with Crippen molar-refractivity contribution in [1.82, 2.24) is 19.7 Å². The third-order valence-electron chi connectivity index (χ3n) is 7.07. The maximum Gasteiger partial charge on any atom is 0.337 e. The first kappa shape index (κ1) is 28.0. The Hall–Kier alpha value is -4.11. The Morgan fingerprint density at radius 1 is 1.00 bits per heavy atom. The van der Waals surface area contributed by atoms with Crippen LogP contribution >= 0.6 is 22.9 Å². The zero-order valence-corrected chi connectivity index (χ0v) is 25.4. The van der Waals surface area contributed by atoms with Crippen LogP contribution in [0.25, 0.3) is 54.1 Å². The summed E-state index contributed by atoms with van der Waals surface area (Å²) < 4.78 is 8.91. The Kier molecular flexibility index (Phi) is 7.09. The lowest BCUT2D eigenvalue weighted by Crippen LogP contribution is -2.28. The number of halogens is 1. The van der Waals surface area contributed by atoms with E-state index in [2.05, 4.69) is 23.2 Å². The summed E-state index contributed by atoms with van der Waals surface area (Å²) in [4.78, 5) is 21.8. The number of carbonyl (C=O) groups is 1. The van der Waals surface area contributed by atoms with Gasteiger partial charge in [-0.15, -0.1) is 11.3 Å². The monoisotopic (exact) mass is 596 g/mol. The molecule has 0 bridgehead atoms. The van der Waals surface area contributed by atoms with E-state index >= 15 is 0 Å². The lowest BCUT2D eigenvalue weighted by Gasteiger charge is -2.28. The molecule has 212 valence electrons. The summed E-state index contributed by atoms with van der Waals surface area (Å²) in [7, 11) is 1.94. The van der Waals surface area contributed by atoms with Crippen molar-refractivity contribution in [1.29, 1.82) is 0 Å². The fourth-order valence-electron chi connectivity index (χ4n) is 5.28. The van der Waals surface area contributed by atoms with E-state index in [-0.39, 0.29) is 0 Å². The molecule has 0 aliphatic heterocycles. The lowest BCUT2D eigenvalue weighted by atomic mass is 9.91. The molecule has 3 heterocycles. The van der Waals surface area contributed by atoms with Gasteiger partial charge in [0.15, 0.2) is 6.10 Å². The first-order valence-corrected chi connectivity index (χ1v) is 14.7. The number of pyridine rings is 1. The standard InChI is InChI=1S/C33H29ClN4O3S/c1-18-16-24-30(27(19-6-9-22(34)10-7-19)26(18)29(32(39)40)41-33(2,3)4)42-31(36-24)21-8-11-25-23(17-21)28(37-38(25)5)20-12-14-35-15-13-20/h6-17,29H,1-5H3,(H,39,40). The number of hydrogen-bond acceptors (Lipinski definition) is 6. The average Bonchev–Trinajstić information content (AvgIpc) is 3.52. The summed E-state index contributed by atoms with van der Waals surface area (Å²) in [6.07, 6.45) is 2.36. The molecule has 7 nitrogen and oxygen atoms in total. The number of hydrogen-bond donors (Lipinski definition) is 1. The van der Waals surface area contributed by atoms with Crippen molar-refractivity contribution < 1.29 is 14.6 Å². The second-order valence-corrected chi connectivity index (χ2v) is 12.7. The fourth-order valence-corrected chi connectivity index (χ4v) is 6.53. The van der Waals surface area contributed by atoms with E-state index in [9.17, 15) is 9.90 Å². The van der Waals surface area contributed by atoms with Crippen molar-refractivity contribution in [2.24, 2.45) is 7.05 Å². The highest BCUT2D eigenvalue weighted by Gasteiger charge is 2.32. The SMILES string of the molecule is Cc1cc2nc(-c3ccc4c(c3)c(-c3ccncc3)nn4C)sc2c(-c2ccc(Cl)cc2)c1C(OC(C)(C)C)C(=O)O. The molecular formula is C33H29ClN4O3S. The Morgan fingerprint density at radius 3 is 2.36 bits per heavy atom. The third kappa shape index (κ3) is 5.17. The third-order valence-corrected chi connectivity index (χ3v) is 8.46. The molecule has 6 aromatic rings. The van der Waals surface area contributed by atoms with Gasteiger partial charge in [-0.2, -0.15) is 5.10 Å². The summed E-state index contributed by atoms with van der Waals surface area (Å²) in [6.45, 7) is 7.49. The summed E-state index contributed by atoms with van der Waals surface area (Å²) in [6, 6.07) is 19.5. The molecule has 0 saturated heterocycles. The number of aliphatic carboxylic acids is 1. The number of carboxylic acids is 1. The van der Waals surface area contributed by atoms with Crippen LogP contribution in [0.15, 0.2) is 73.1 Å². The molecule has 0 amide bonds. The van der Waals surface area contributed by atoms with Crippen molar-refractivity contribution in [2.75, 3.05) is 0 Å². The topological polar surface area (TPSA) is 90.1 Å². The molecule has 0 aliphatic rings. The molecule has 0 aliphatic carbocycles. The molecule has 6 rings (SSSR count). The normalized spacial score (nSPS) is 12.7. The van der Waals surface area contributed by atoms with Gasteiger partial charge in [0.05, 0.1) is 21.3 Å². The van der Waals surface area contributed by atoms with Crippen LogP contribution in [-0.2, 0) is 16.6 Å². The highest BCUT2D eigenvalue weighted by atomic mass is 35.5. The molecule has 9 heteroatoms. The van der Waals surface area contributed by atoms with Crippen LogP contribution in [0.5, 0.6) is 0 Å². The zero-order valence-electron chi connectivity index (χ0n) is 23.8. The maximum absolute atomic E-state index is 12.6. The number of thiazole rings is 1. The first-order valence-electron chi connectivity index (χ1n) is 13.5. The van der Waals surface area contributed by atoms with E-state index in [0.29, 0.717) is 10.6 Å². The molecule has 0 spiro atoms. The molecule has 1 N–H and O–H groups in total. The Bertz CT molecular complexity index is 1960. The van der Waals surface area contributed by atoms with Crippen LogP contribution in [0, 0.1) is 6.92 Å². The number of aromatic nitrogens is 4. The summed E-state index contributed by atoms with van der Waals surface area (Å²) >= 11 is 7.77. The smallest absolute Gasteiger partial charge is 0.337 e. The molecular weight excluding hydrogens is 568 g/mol. The van der Waals surface area contributed by atoms with Crippen LogP contribution in [0.2, 0.25) is 5.02 Å². The number of ether oxygens (including phenoxy) is 1. The second-order valence-electron chi connectivity index (χ2n) is 11.2. The second kappa shape index (κ2) is 10.6. The summed E-state index contributed by atoms with van der Waals surface area (Å²) in [5.41, 5.74) is 7.00. The first-order chi connectivity index (χ1) is 20.0. The highest BCUT2D eigenvalue weighted by molar-refractivity contribution is 7.22. The molecule has 42 heavy (non-hydrogen) atoms. The number of rotatable bonds is 6. The molecule has 3 aromatic heterocycles. The quantitative estimate of drug-likeness (QED) is 0.207. The van der Waals surface area contributed by atoms with Crippen molar-refractivity contribution >= 4 is 50.0 Å². The van der Waals surface area contributed by atoms with Crippen LogP contribution in [0.1, 0.15) is 38.0 Å². The van der Waals surface area contributed by atoms with Crippen molar-refractivity contribution in [3.05, 3.63) is 89.2 Å². The van der Waals surface area contributed by atoms with E-state index < -0.39 is 17.7 Å². The number of aryl methyl sites for hydroxylation is 2. The largest absolute Gasteiger partial charge is 0.479 e. The van der Waals surface area contributed by atoms with Gasteiger partial charge in [-0.1, -0.05) is 23.7 Å². The molecule has 0 saturated carbocycles. The molecule has 0 radical (unpaired) electrons. The van der Waals surface area contributed by atoms with E-state index in [1.165, 1.54) is 11.3 Å². The summed E-state index contributed by atoms with van der Waals surface area (Å²) in [5.74, 6) is -1.04. The minimum Gasteiger partial charge on any atom is -0.479 e. The van der Waals surface area contributed by atoms with Gasteiger partial charge in [0, 0.05) is 52.1 Å². The lowest BCUT2D eigenvalue weighted by molar-refractivity contribution is -0.160. The highest BCUT2D eigenvalue weighted by Crippen LogP contribution is 2.45. The zero-order chi connectivity index (χ0) is 29.8.